The average Bonchev–Trinajstić information content (AvgIpc) is 3.60. The lowest BCUT2D eigenvalue weighted by Gasteiger charge is -2.17. The van der Waals surface area contributed by atoms with E-state index in [1.165, 1.54) is 11.8 Å². The highest BCUT2D eigenvalue weighted by Gasteiger charge is 2.25. The summed E-state index contributed by atoms with van der Waals surface area (Å²) in [7, 11) is 3.98. The predicted molar refractivity (Wildman–Crippen MR) is 141 cm³/mol. The minimum Gasteiger partial charge on any atom is -0.378 e. The smallest absolute Gasteiger partial charge is 0.237 e. The maximum absolute atomic E-state index is 13.0. The fourth-order valence-electron chi connectivity index (χ4n) is 4.29. The molecule has 1 saturated heterocycles. The molecule has 0 aliphatic carbocycles. The van der Waals surface area contributed by atoms with Crippen molar-refractivity contribution >= 4 is 39.9 Å². The van der Waals surface area contributed by atoms with Gasteiger partial charge in [0, 0.05) is 54.7 Å². The number of para-hydroxylation sites is 1. The SMILES string of the molecule is CC(Sc1nnc(-c2c[nH]c3ccccc23)n1CC1CCCO1)C(=O)Nc1ccc(N(C)C)cc1. The van der Waals surface area contributed by atoms with Crippen molar-refractivity contribution in [3.8, 4) is 11.4 Å². The van der Waals surface area contributed by atoms with Gasteiger partial charge in [0.05, 0.1) is 17.9 Å². The van der Waals surface area contributed by atoms with Gasteiger partial charge < -0.3 is 19.9 Å². The summed E-state index contributed by atoms with van der Waals surface area (Å²) in [5.41, 5.74) is 3.90. The number of carbonyl (C=O) groups excluding carboxylic acids is 1. The molecule has 0 saturated carbocycles. The number of fused-ring (bicyclic) bond motifs is 1. The van der Waals surface area contributed by atoms with Gasteiger partial charge in [-0.15, -0.1) is 10.2 Å². The Hall–Kier alpha value is -3.30. The van der Waals surface area contributed by atoms with Crippen molar-refractivity contribution in [1.82, 2.24) is 19.7 Å². The number of carbonyl (C=O) groups is 1. The maximum atomic E-state index is 13.0. The van der Waals surface area contributed by atoms with Crippen LogP contribution in [-0.2, 0) is 16.1 Å². The van der Waals surface area contributed by atoms with E-state index < -0.39 is 0 Å². The summed E-state index contributed by atoms with van der Waals surface area (Å²) in [5.74, 6) is 0.709. The van der Waals surface area contributed by atoms with Gasteiger partial charge in [-0.1, -0.05) is 30.0 Å². The van der Waals surface area contributed by atoms with E-state index in [4.69, 9.17) is 4.74 Å². The molecule has 2 aromatic heterocycles. The number of ether oxygens (including phenoxy) is 1. The highest BCUT2D eigenvalue weighted by Crippen LogP contribution is 2.32. The lowest BCUT2D eigenvalue weighted by molar-refractivity contribution is -0.115. The molecule has 1 aliphatic rings. The highest BCUT2D eigenvalue weighted by atomic mass is 32.2. The molecule has 2 N–H and O–H groups in total. The molecule has 0 bridgehead atoms. The fourth-order valence-corrected chi connectivity index (χ4v) is 5.15. The summed E-state index contributed by atoms with van der Waals surface area (Å²) in [5, 5.41) is 13.5. The van der Waals surface area contributed by atoms with Gasteiger partial charge in [0.25, 0.3) is 0 Å². The number of aromatic nitrogens is 4. The third kappa shape index (κ3) is 5.06. The zero-order valence-electron chi connectivity index (χ0n) is 20.2. The molecule has 0 spiro atoms. The molecule has 1 aliphatic heterocycles. The van der Waals surface area contributed by atoms with Crippen LogP contribution in [0.1, 0.15) is 19.8 Å². The molecule has 1 amide bonds. The number of amides is 1. The third-order valence-corrected chi connectivity index (χ3v) is 7.34. The van der Waals surface area contributed by atoms with Crippen molar-refractivity contribution in [2.75, 3.05) is 30.9 Å². The molecule has 3 heterocycles. The molecule has 5 rings (SSSR count). The maximum Gasteiger partial charge on any atom is 0.237 e. The van der Waals surface area contributed by atoms with Crippen molar-refractivity contribution in [3.05, 3.63) is 54.7 Å². The van der Waals surface area contributed by atoms with Gasteiger partial charge in [-0.3, -0.25) is 9.36 Å². The number of thioether (sulfide) groups is 1. The number of benzene rings is 2. The Kier molecular flexibility index (Phi) is 6.79. The van der Waals surface area contributed by atoms with E-state index in [-0.39, 0.29) is 17.3 Å². The Morgan fingerprint density at radius 2 is 2.03 bits per heavy atom. The van der Waals surface area contributed by atoms with Gasteiger partial charge in [-0.2, -0.15) is 0 Å². The Bertz CT molecular complexity index is 1310. The molecule has 1 fully saturated rings. The number of nitrogens with one attached hydrogen (secondary N) is 2. The lowest BCUT2D eigenvalue weighted by atomic mass is 10.1. The van der Waals surface area contributed by atoms with Crippen LogP contribution in [0, 0.1) is 0 Å². The van der Waals surface area contributed by atoms with Crippen LogP contribution in [0.4, 0.5) is 11.4 Å². The van der Waals surface area contributed by atoms with Crippen LogP contribution < -0.4 is 10.2 Å². The van der Waals surface area contributed by atoms with Crippen molar-refractivity contribution in [2.24, 2.45) is 0 Å². The van der Waals surface area contributed by atoms with Crippen molar-refractivity contribution in [3.63, 3.8) is 0 Å². The second kappa shape index (κ2) is 10.1. The summed E-state index contributed by atoms with van der Waals surface area (Å²) >= 11 is 1.42. The van der Waals surface area contributed by atoms with Crippen molar-refractivity contribution in [2.45, 2.75) is 42.8 Å². The van der Waals surface area contributed by atoms with Gasteiger partial charge in [0.1, 0.15) is 0 Å². The standard InChI is InChI=1S/C26H30N6O2S/c1-17(25(33)28-18-10-12-19(13-11-18)31(2)3)35-26-30-29-24(32(26)16-20-7-6-14-34-20)22-15-27-23-9-5-4-8-21(22)23/h4-5,8-13,15,17,20,27H,6-7,14,16H2,1-3H3,(H,28,33). The number of hydrogen-bond acceptors (Lipinski definition) is 6. The highest BCUT2D eigenvalue weighted by molar-refractivity contribution is 8.00. The second-order valence-corrected chi connectivity index (χ2v) is 10.3. The molecule has 35 heavy (non-hydrogen) atoms. The van der Waals surface area contributed by atoms with E-state index in [2.05, 4.69) is 31.1 Å². The molecule has 2 atom stereocenters. The van der Waals surface area contributed by atoms with Crippen LogP contribution >= 0.6 is 11.8 Å². The van der Waals surface area contributed by atoms with Crippen LogP contribution in [0.15, 0.2) is 59.9 Å². The lowest BCUT2D eigenvalue weighted by Crippen LogP contribution is -2.23. The Morgan fingerprint density at radius 1 is 1.23 bits per heavy atom. The average molecular weight is 491 g/mol. The topological polar surface area (TPSA) is 88.1 Å². The quantitative estimate of drug-likeness (QED) is 0.345. The van der Waals surface area contributed by atoms with Gasteiger partial charge in [0.15, 0.2) is 11.0 Å². The van der Waals surface area contributed by atoms with Gasteiger partial charge in [-0.25, -0.2) is 0 Å². The number of hydrogen-bond donors (Lipinski definition) is 2. The number of aromatic amines is 1. The molecule has 8 nitrogen and oxygen atoms in total. The number of rotatable bonds is 8. The molecule has 4 aromatic rings. The minimum atomic E-state index is -0.355. The zero-order chi connectivity index (χ0) is 24.4. The van der Waals surface area contributed by atoms with Gasteiger partial charge >= 0.3 is 0 Å². The Morgan fingerprint density at radius 3 is 2.77 bits per heavy atom. The Labute approximate surface area is 209 Å². The monoisotopic (exact) mass is 490 g/mol. The number of anilines is 2. The molecule has 2 aromatic carbocycles. The van der Waals surface area contributed by atoms with Crippen LogP contribution in [0.2, 0.25) is 0 Å². The summed E-state index contributed by atoms with van der Waals surface area (Å²) in [6.07, 6.45) is 4.16. The van der Waals surface area contributed by atoms with Gasteiger partial charge in [0.2, 0.25) is 5.91 Å². The first-order valence-corrected chi connectivity index (χ1v) is 12.7. The van der Waals surface area contributed by atoms with E-state index in [1.54, 1.807) is 0 Å². The summed E-state index contributed by atoms with van der Waals surface area (Å²) in [6, 6.07) is 16.0. The summed E-state index contributed by atoms with van der Waals surface area (Å²) < 4.78 is 8.03. The zero-order valence-corrected chi connectivity index (χ0v) is 21.0. The van der Waals surface area contributed by atoms with Crippen molar-refractivity contribution < 1.29 is 9.53 Å². The first-order valence-electron chi connectivity index (χ1n) is 11.9. The number of nitrogens with zero attached hydrogens (tertiary/aromatic N) is 4. The van der Waals surface area contributed by atoms with Crippen LogP contribution in [-0.4, -0.2) is 57.7 Å². The predicted octanol–water partition coefficient (Wildman–Crippen LogP) is 4.79. The third-order valence-electron chi connectivity index (χ3n) is 6.26. The molecular weight excluding hydrogens is 460 g/mol. The largest absolute Gasteiger partial charge is 0.378 e. The first-order chi connectivity index (χ1) is 17.0. The van der Waals surface area contributed by atoms with E-state index in [9.17, 15) is 4.79 Å². The van der Waals surface area contributed by atoms with Crippen LogP contribution in [0.5, 0.6) is 0 Å². The summed E-state index contributed by atoms with van der Waals surface area (Å²) in [4.78, 5) is 18.3. The normalized spacial score (nSPS) is 16.5. The fraction of sp³-hybridized carbons (Fsp3) is 0.346. The van der Waals surface area contributed by atoms with E-state index in [0.717, 1.165) is 53.1 Å². The van der Waals surface area contributed by atoms with E-state index >= 15 is 0 Å². The van der Waals surface area contributed by atoms with Crippen LogP contribution in [0.3, 0.4) is 0 Å². The molecule has 2 unspecified atom stereocenters. The number of H-pyrrole nitrogens is 1. The Balaban J connectivity index is 1.38. The minimum absolute atomic E-state index is 0.0760. The molecular formula is C26H30N6O2S. The van der Waals surface area contributed by atoms with Crippen molar-refractivity contribution in [1.29, 1.82) is 0 Å². The second-order valence-electron chi connectivity index (χ2n) is 8.99. The molecule has 0 radical (unpaired) electrons. The molecule has 182 valence electrons. The molecule has 9 heteroatoms. The van der Waals surface area contributed by atoms with Crippen LogP contribution in [0.25, 0.3) is 22.3 Å². The summed E-state index contributed by atoms with van der Waals surface area (Å²) in [6.45, 7) is 3.33. The van der Waals surface area contributed by atoms with Gasteiger partial charge in [-0.05, 0) is 50.1 Å². The first kappa shape index (κ1) is 23.4. The van der Waals surface area contributed by atoms with E-state index in [1.807, 2.05) is 74.6 Å². The van der Waals surface area contributed by atoms with E-state index in [0.29, 0.717) is 11.7 Å².